The summed E-state index contributed by atoms with van der Waals surface area (Å²) < 4.78 is 28.0. The van der Waals surface area contributed by atoms with Crippen LogP contribution in [-0.2, 0) is 26.0 Å². The van der Waals surface area contributed by atoms with Crippen LogP contribution in [0.4, 0.5) is 11.4 Å². The average Bonchev–Trinajstić information content (AvgIpc) is 2.62. The van der Waals surface area contributed by atoms with Crippen LogP contribution in [0.2, 0.25) is 0 Å². The number of anilines is 2. The molecular weight excluding hydrogens is 406 g/mol. The smallest absolute Gasteiger partial charge is 0.262 e. The molecule has 2 aromatic carbocycles. The van der Waals surface area contributed by atoms with Gasteiger partial charge in [0.05, 0.1) is 23.5 Å². The van der Waals surface area contributed by atoms with Gasteiger partial charge in [-0.05, 0) is 62.2 Å². The minimum absolute atomic E-state index is 0.103. The van der Waals surface area contributed by atoms with Crippen LogP contribution in [0.3, 0.4) is 0 Å². The van der Waals surface area contributed by atoms with Crippen molar-refractivity contribution in [2.45, 2.75) is 44.6 Å². The summed E-state index contributed by atoms with van der Waals surface area (Å²) >= 11 is 0. The molecule has 0 spiro atoms. The average molecular weight is 434 g/mol. The molecule has 0 aliphatic carbocycles. The van der Waals surface area contributed by atoms with Crippen molar-refractivity contribution in [3.05, 3.63) is 53.6 Å². The third-order valence-electron chi connectivity index (χ3n) is 4.23. The minimum atomic E-state index is -3.82. The molecular formula is C21H27N3O5S. The zero-order valence-electron chi connectivity index (χ0n) is 17.4. The van der Waals surface area contributed by atoms with Gasteiger partial charge in [-0.3, -0.25) is 14.3 Å². The van der Waals surface area contributed by atoms with Crippen molar-refractivity contribution in [2.24, 2.45) is 0 Å². The number of aliphatic hydroxyl groups is 1. The van der Waals surface area contributed by atoms with E-state index in [0.29, 0.717) is 22.5 Å². The molecule has 0 heterocycles. The number of carbonyl (C=O) groups is 2. The summed E-state index contributed by atoms with van der Waals surface area (Å²) in [4.78, 5) is 23.3. The summed E-state index contributed by atoms with van der Waals surface area (Å²) in [5.41, 5.74) is 1.37. The van der Waals surface area contributed by atoms with Gasteiger partial charge in [-0.25, -0.2) is 8.42 Å². The van der Waals surface area contributed by atoms with Gasteiger partial charge >= 0.3 is 0 Å². The highest BCUT2D eigenvalue weighted by Crippen LogP contribution is 2.23. The van der Waals surface area contributed by atoms with E-state index >= 15 is 0 Å². The van der Waals surface area contributed by atoms with E-state index in [0.717, 1.165) is 0 Å². The second-order valence-corrected chi connectivity index (χ2v) is 9.38. The lowest BCUT2D eigenvalue weighted by Gasteiger charge is -2.23. The molecule has 9 heteroatoms. The van der Waals surface area contributed by atoms with Gasteiger partial charge in [-0.15, -0.1) is 0 Å². The summed E-state index contributed by atoms with van der Waals surface area (Å²) in [6, 6.07) is 11.0. The van der Waals surface area contributed by atoms with E-state index < -0.39 is 15.6 Å². The van der Waals surface area contributed by atoms with E-state index in [9.17, 15) is 23.1 Å². The van der Waals surface area contributed by atoms with E-state index in [1.54, 1.807) is 51.1 Å². The summed E-state index contributed by atoms with van der Waals surface area (Å²) in [5, 5.41) is 14.6. The molecule has 0 saturated carbocycles. The Labute approximate surface area is 176 Å². The first-order valence-electron chi connectivity index (χ1n) is 9.34. The molecule has 0 aliphatic rings. The first-order valence-corrected chi connectivity index (χ1v) is 10.8. The predicted molar refractivity (Wildman–Crippen MR) is 116 cm³/mol. The molecule has 0 aromatic heterocycles. The lowest BCUT2D eigenvalue weighted by Crippen LogP contribution is -2.46. The van der Waals surface area contributed by atoms with Crippen molar-refractivity contribution < 1.29 is 23.1 Å². The fourth-order valence-corrected chi connectivity index (χ4v) is 4.07. The Hall–Kier alpha value is -2.91. The predicted octanol–water partition coefficient (Wildman–Crippen LogP) is 2.18. The zero-order valence-corrected chi connectivity index (χ0v) is 18.3. The summed E-state index contributed by atoms with van der Waals surface area (Å²) in [6.45, 7) is 6.28. The van der Waals surface area contributed by atoms with E-state index in [2.05, 4.69) is 15.4 Å². The minimum Gasteiger partial charge on any atom is -0.394 e. The number of rotatable bonds is 8. The lowest BCUT2D eigenvalue weighted by molar-refractivity contribution is -0.122. The molecule has 0 bridgehead atoms. The summed E-state index contributed by atoms with van der Waals surface area (Å²) in [5.74, 6) is -0.478. The molecule has 30 heavy (non-hydrogen) atoms. The van der Waals surface area contributed by atoms with Gasteiger partial charge in [0.25, 0.3) is 10.0 Å². The number of carbonyl (C=O) groups excluding carboxylic acids is 2. The second kappa shape index (κ2) is 9.27. The molecule has 0 fully saturated rings. The maximum Gasteiger partial charge on any atom is 0.262 e. The van der Waals surface area contributed by atoms with Crippen LogP contribution in [0.15, 0.2) is 47.4 Å². The molecule has 0 radical (unpaired) electrons. The van der Waals surface area contributed by atoms with E-state index in [-0.39, 0.29) is 29.7 Å². The van der Waals surface area contributed by atoms with Crippen LogP contribution in [0.1, 0.15) is 31.9 Å². The molecule has 4 N–H and O–H groups in total. The number of sulfonamides is 1. The van der Waals surface area contributed by atoms with Crippen molar-refractivity contribution >= 4 is 33.2 Å². The maximum absolute atomic E-state index is 12.7. The van der Waals surface area contributed by atoms with Crippen LogP contribution in [0.5, 0.6) is 0 Å². The largest absolute Gasteiger partial charge is 0.394 e. The molecule has 2 aromatic rings. The van der Waals surface area contributed by atoms with Crippen LogP contribution >= 0.6 is 0 Å². The lowest BCUT2D eigenvalue weighted by atomic mass is 10.1. The summed E-state index contributed by atoms with van der Waals surface area (Å²) in [6.07, 6.45) is 0.111. The molecule has 162 valence electrons. The van der Waals surface area contributed by atoms with Gasteiger partial charge in [-0.1, -0.05) is 12.1 Å². The Morgan fingerprint density at radius 2 is 1.63 bits per heavy atom. The van der Waals surface area contributed by atoms with E-state index in [1.165, 1.54) is 19.1 Å². The van der Waals surface area contributed by atoms with Crippen molar-refractivity contribution in [1.29, 1.82) is 0 Å². The quantitative estimate of drug-likeness (QED) is 0.508. The number of nitrogens with one attached hydrogen (secondary N) is 3. The fraction of sp³-hybridized carbons (Fsp3) is 0.333. The second-order valence-electron chi connectivity index (χ2n) is 7.73. The number of amides is 2. The van der Waals surface area contributed by atoms with Crippen LogP contribution < -0.4 is 15.4 Å². The van der Waals surface area contributed by atoms with Gasteiger partial charge in [0.1, 0.15) is 0 Å². The molecule has 0 saturated heterocycles. The topological polar surface area (TPSA) is 125 Å². The monoisotopic (exact) mass is 433 g/mol. The number of aryl methyl sites for hydroxylation is 1. The van der Waals surface area contributed by atoms with Crippen molar-refractivity contribution in [1.82, 2.24) is 5.32 Å². The Morgan fingerprint density at radius 3 is 2.17 bits per heavy atom. The first kappa shape index (κ1) is 23.4. The highest BCUT2D eigenvalue weighted by atomic mass is 32.2. The van der Waals surface area contributed by atoms with Crippen LogP contribution in [0, 0.1) is 6.92 Å². The van der Waals surface area contributed by atoms with Gasteiger partial charge in [0.2, 0.25) is 11.8 Å². The molecule has 0 unspecified atom stereocenters. The highest BCUT2D eigenvalue weighted by Gasteiger charge is 2.20. The number of hydrogen-bond acceptors (Lipinski definition) is 5. The zero-order chi connectivity index (χ0) is 22.5. The number of aliphatic hydroxyl groups excluding tert-OH is 1. The van der Waals surface area contributed by atoms with E-state index in [4.69, 9.17) is 0 Å². The number of benzene rings is 2. The van der Waals surface area contributed by atoms with Gasteiger partial charge in [0, 0.05) is 18.3 Å². The van der Waals surface area contributed by atoms with Crippen molar-refractivity contribution in [3.8, 4) is 0 Å². The SMILES string of the molecule is CC(=O)Nc1ccc(S(=O)(=O)Nc2ccc(CC(=O)NC(C)(C)CO)cc2)c(C)c1. The molecule has 2 rings (SSSR count). The Balaban J connectivity index is 2.09. The highest BCUT2D eigenvalue weighted by molar-refractivity contribution is 7.92. The fourth-order valence-electron chi connectivity index (χ4n) is 2.78. The third-order valence-corrected chi connectivity index (χ3v) is 5.77. The van der Waals surface area contributed by atoms with Gasteiger partial charge in [0.15, 0.2) is 0 Å². The first-order chi connectivity index (χ1) is 13.9. The maximum atomic E-state index is 12.7. The van der Waals surface area contributed by atoms with Gasteiger partial charge in [-0.2, -0.15) is 0 Å². The van der Waals surface area contributed by atoms with E-state index in [1.807, 2.05) is 0 Å². The normalized spacial score (nSPS) is 11.6. The van der Waals surface area contributed by atoms with Crippen molar-refractivity contribution in [2.75, 3.05) is 16.6 Å². The Bertz CT molecular complexity index is 1030. The van der Waals surface area contributed by atoms with Gasteiger partial charge < -0.3 is 15.7 Å². The Morgan fingerprint density at radius 1 is 1.03 bits per heavy atom. The molecule has 2 amide bonds. The van der Waals surface area contributed by atoms with Crippen LogP contribution in [-0.4, -0.2) is 37.5 Å². The molecule has 0 aliphatic heterocycles. The summed E-state index contributed by atoms with van der Waals surface area (Å²) in [7, 11) is -3.82. The van der Waals surface area contributed by atoms with Crippen LogP contribution in [0.25, 0.3) is 0 Å². The number of hydrogen-bond donors (Lipinski definition) is 4. The Kier molecular flexibility index (Phi) is 7.22. The molecule has 0 atom stereocenters. The standard InChI is InChI=1S/C21H27N3O5S/c1-14-11-18(22-15(2)26)9-10-19(14)30(28,29)24-17-7-5-16(6-8-17)12-20(27)23-21(3,4)13-25/h5-11,24-25H,12-13H2,1-4H3,(H,22,26)(H,23,27). The third kappa shape index (κ3) is 6.57. The van der Waals surface area contributed by atoms with Crippen molar-refractivity contribution in [3.63, 3.8) is 0 Å². The molecule has 8 nitrogen and oxygen atoms in total.